The van der Waals surface area contributed by atoms with E-state index in [1.54, 1.807) is 36.4 Å². The van der Waals surface area contributed by atoms with Gasteiger partial charge < -0.3 is 36.2 Å². The number of nitrogens with zero attached hydrogens (tertiary/aromatic N) is 15. The molecule has 3 heterocycles. The van der Waals surface area contributed by atoms with E-state index in [1.165, 1.54) is 48.2 Å². The number of azo groups is 2. The van der Waals surface area contributed by atoms with E-state index in [2.05, 4.69) is 71.2 Å². The van der Waals surface area contributed by atoms with Crippen LogP contribution in [0.25, 0.3) is 21.8 Å². The lowest BCUT2D eigenvalue weighted by Crippen LogP contribution is -2.21. The monoisotopic (exact) mass is 1250 g/mol. The van der Waals surface area contributed by atoms with Crippen molar-refractivity contribution in [3.05, 3.63) is 140 Å². The largest absolute Gasteiger partial charge is 0.396 e. The minimum absolute atomic E-state index is 0.0952. The van der Waals surface area contributed by atoms with Gasteiger partial charge in [-0.3, -0.25) is 9.11 Å². The predicted octanol–water partition coefficient (Wildman–Crippen LogP) is 12.2. The molecule has 0 aliphatic heterocycles. The van der Waals surface area contributed by atoms with Crippen molar-refractivity contribution in [3.8, 4) is 12.1 Å². The molecule has 0 atom stereocenters. The topological polar surface area (TPSA) is 354 Å². The van der Waals surface area contributed by atoms with Crippen LogP contribution in [0.3, 0.4) is 0 Å². The smallest absolute Gasteiger partial charge is 0.294 e. The van der Waals surface area contributed by atoms with E-state index in [9.17, 15) is 41.6 Å². The summed E-state index contributed by atoms with van der Waals surface area (Å²) >= 11 is 3.36. The number of aliphatic hydroxyl groups excluding tert-OH is 1. The molecule has 442 valence electrons. The van der Waals surface area contributed by atoms with Gasteiger partial charge in [0.05, 0.1) is 62.8 Å². The normalized spacial score (nSPS) is 11.9. The molecule has 4 aromatic carbocycles. The number of benzene rings is 4. The Labute approximate surface area is 509 Å². The standard InChI is InChI=1S/C55H55N19O7S5/c1-7-73(8-2)39-15-21-43(69-71-54-64-49(47(83-54)29-37(33-56)58-5)60-25-23-35-11-17-41(18-12-35)85(76,77)78)45(31-39)62-51-66-52(68-53(67-51)82-28-27-75)63-46-32-40(74(9-3)10-4)16-22-44(46)70-72-55-65-50(48(84-55)30-38(34-57)59-6)61-26-24-36-13-19-42(20-14-36)86(79,80)81/h11-22,29-32,60-61,75H,7-10,23-28H2,1-4H3,(H,76,77,78)(H,79,80,81)(H2,62,63,66,67,68)/b37-29-,38-30+,71-69?,72-70?. The molecule has 0 bridgehead atoms. The second-order valence-corrected chi connectivity index (χ2v) is 23.7. The van der Waals surface area contributed by atoms with E-state index in [0.717, 1.165) is 45.2 Å². The number of thiazole rings is 2. The SMILES string of the molecule is [C-]#[N+]/C(C#N)=C\c1sc(N=Nc2ccc(N(CC)CC)cc2Nc2nc(Nc3cc(N(CC)CC)ccc3N=Nc3nc(NCCc4ccc(S(=O)(=O)O)cc4)c(/C=C(\C#N)[N+]#[C-])s3)nc(SCCO)n2)nc1NCCc1ccc(S(=O)(=O)O)cc1. The maximum absolute atomic E-state index is 11.6. The van der Waals surface area contributed by atoms with Crippen molar-refractivity contribution in [3.63, 3.8) is 0 Å². The first-order chi connectivity index (χ1) is 41.4. The molecule has 31 heteroatoms. The molecule has 0 radical (unpaired) electrons. The molecule has 0 unspecified atom stereocenters. The van der Waals surface area contributed by atoms with Gasteiger partial charge in [-0.2, -0.15) is 41.8 Å². The molecule has 0 amide bonds. The Bertz CT molecular complexity index is 3790. The second kappa shape index (κ2) is 30.5. The molecule has 0 spiro atoms. The summed E-state index contributed by atoms with van der Waals surface area (Å²) in [5, 5.41) is 61.1. The summed E-state index contributed by atoms with van der Waals surface area (Å²) < 4.78 is 65.0. The molecule has 3 aromatic heterocycles. The van der Waals surface area contributed by atoms with Crippen LogP contribution in [0.5, 0.6) is 0 Å². The zero-order valence-electron chi connectivity index (χ0n) is 46.5. The summed E-state index contributed by atoms with van der Waals surface area (Å²) in [5.41, 5.74) is 4.46. The van der Waals surface area contributed by atoms with Crippen molar-refractivity contribution >= 4 is 135 Å². The number of nitriles is 2. The third-order valence-corrected chi connectivity index (χ3v) is 16.6. The maximum atomic E-state index is 11.6. The van der Waals surface area contributed by atoms with Crippen molar-refractivity contribution in [1.82, 2.24) is 24.9 Å². The van der Waals surface area contributed by atoms with E-state index >= 15 is 0 Å². The van der Waals surface area contributed by atoms with Gasteiger partial charge in [0.15, 0.2) is 5.16 Å². The number of nitrogens with one attached hydrogen (secondary N) is 4. The molecule has 0 saturated carbocycles. The highest BCUT2D eigenvalue weighted by molar-refractivity contribution is 7.99. The van der Waals surface area contributed by atoms with Crippen molar-refractivity contribution in [2.75, 3.05) is 82.7 Å². The van der Waals surface area contributed by atoms with Gasteiger partial charge in [0, 0.05) is 56.4 Å². The average Bonchev–Trinajstić information content (AvgIpc) is 2.92. The van der Waals surface area contributed by atoms with Crippen LogP contribution in [0.1, 0.15) is 48.6 Å². The summed E-state index contributed by atoms with van der Waals surface area (Å²) in [6.07, 6.45) is 3.64. The number of hydrogen-bond donors (Lipinski definition) is 7. The number of hydrogen-bond acceptors (Lipinski definition) is 25. The Kier molecular flexibility index (Phi) is 22.8. The first-order valence-electron chi connectivity index (χ1n) is 26.2. The molecular formula is C55H55N19O7S5. The molecule has 7 N–H and O–H groups in total. The van der Waals surface area contributed by atoms with Crippen molar-refractivity contribution in [1.29, 1.82) is 10.5 Å². The van der Waals surface area contributed by atoms with E-state index < -0.39 is 20.2 Å². The minimum atomic E-state index is -4.36. The third-order valence-electron chi connectivity index (χ3n) is 12.3. The lowest BCUT2D eigenvalue weighted by molar-refractivity contribution is 0.322. The second-order valence-electron chi connectivity index (χ2n) is 17.8. The Balaban J connectivity index is 1.21. The fourth-order valence-electron chi connectivity index (χ4n) is 8.01. The summed E-state index contributed by atoms with van der Waals surface area (Å²) in [6, 6.07) is 26.4. The number of allylic oxidation sites excluding steroid dienone is 2. The van der Waals surface area contributed by atoms with E-state index in [1.807, 2.05) is 64.1 Å². The summed E-state index contributed by atoms with van der Waals surface area (Å²) in [6.45, 7) is 26.3. The van der Waals surface area contributed by atoms with Gasteiger partial charge in [0.1, 0.15) is 23.0 Å². The molecule has 26 nitrogen and oxygen atoms in total. The summed E-state index contributed by atoms with van der Waals surface area (Å²) in [4.78, 5) is 34.8. The third kappa shape index (κ3) is 17.9. The zero-order valence-corrected chi connectivity index (χ0v) is 50.6. The number of rotatable bonds is 29. The number of aliphatic hydroxyl groups is 1. The van der Waals surface area contributed by atoms with E-state index in [4.69, 9.17) is 28.1 Å². The number of thioether (sulfide) groups is 1. The highest BCUT2D eigenvalue weighted by atomic mass is 32.2. The van der Waals surface area contributed by atoms with Crippen LogP contribution in [0.2, 0.25) is 0 Å². The van der Waals surface area contributed by atoms with Crippen molar-refractivity contribution in [2.24, 2.45) is 20.5 Å². The lowest BCUT2D eigenvalue weighted by Gasteiger charge is -2.22. The van der Waals surface area contributed by atoms with Gasteiger partial charge in [0.25, 0.3) is 31.6 Å². The van der Waals surface area contributed by atoms with Gasteiger partial charge in [-0.25, -0.2) is 20.2 Å². The highest BCUT2D eigenvalue weighted by Gasteiger charge is 2.19. The molecular weight excluding hydrogens is 1200 g/mol. The first kappa shape index (κ1) is 64.3. The fraction of sp³-hybridized carbons (Fsp3) is 0.255. The lowest BCUT2D eigenvalue weighted by atomic mass is 10.1. The quantitative estimate of drug-likeness (QED) is 0.00753. The molecule has 0 fully saturated rings. The molecule has 7 rings (SSSR count). The Hall–Kier alpha value is -9.28. The number of aromatic nitrogens is 5. The summed E-state index contributed by atoms with van der Waals surface area (Å²) in [7, 11) is -8.72. The molecule has 86 heavy (non-hydrogen) atoms. The summed E-state index contributed by atoms with van der Waals surface area (Å²) in [5.74, 6) is 1.11. The molecule has 7 aromatic rings. The maximum Gasteiger partial charge on any atom is 0.294 e. The minimum Gasteiger partial charge on any atom is -0.396 e. The Morgan fingerprint density at radius 1 is 0.628 bits per heavy atom. The van der Waals surface area contributed by atoms with Crippen LogP contribution in [-0.4, -0.2) is 108 Å². The van der Waals surface area contributed by atoms with Gasteiger partial charge in [-0.1, -0.05) is 58.7 Å². The average molecular weight is 1250 g/mol. The molecule has 0 aliphatic carbocycles. The Morgan fingerprint density at radius 2 is 1.03 bits per heavy atom. The van der Waals surface area contributed by atoms with E-state index in [0.29, 0.717) is 96.2 Å². The van der Waals surface area contributed by atoms with Gasteiger partial charge in [-0.15, -0.1) is 20.5 Å². The van der Waals surface area contributed by atoms with Crippen LogP contribution >= 0.6 is 34.4 Å². The van der Waals surface area contributed by atoms with Crippen LogP contribution in [-0.2, 0) is 33.1 Å². The van der Waals surface area contributed by atoms with Crippen LogP contribution in [0.15, 0.2) is 132 Å². The molecule has 0 saturated heterocycles. The van der Waals surface area contributed by atoms with Gasteiger partial charge in [0.2, 0.25) is 22.2 Å². The highest BCUT2D eigenvalue weighted by Crippen LogP contribution is 2.39. The van der Waals surface area contributed by atoms with E-state index in [-0.39, 0.29) is 60.9 Å². The van der Waals surface area contributed by atoms with Crippen molar-refractivity contribution in [2.45, 2.75) is 55.5 Å². The predicted molar refractivity (Wildman–Crippen MR) is 334 cm³/mol. The molecule has 0 aliphatic rings. The zero-order chi connectivity index (χ0) is 61.8. The fourth-order valence-corrected chi connectivity index (χ4v) is 11.1. The van der Waals surface area contributed by atoms with Crippen LogP contribution in [0.4, 0.5) is 67.9 Å². The van der Waals surface area contributed by atoms with Crippen molar-refractivity contribution < 1.29 is 31.0 Å². The van der Waals surface area contributed by atoms with Gasteiger partial charge >= 0.3 is 0 Å². The van der Waals surface area contributed by atoms with Gasteiger partial charge in [-0.05, 0) is 124 Å². The van der Waals surface area contributed by atoms with Crippen LogP contribution < -0.4 is 31.1 Å². The Morgan fingerprint density at radius 3 is 1.38 bits per heavy atom. The number of anilines is 8. The first-order valence-corrected chi connectivity index (χ1v) is 31.7. The van der Waals surface area contributed by atoms with Crippen LogP contribution in [0, 0.1) is 35.8 Å².